The largest absolute Gasteiger partial charge is 0.408 e. The highest BCUT2D eigenvalue weighted by Crippen LogP contribution is 2.41. The standard InChI is InChI=1S/C40H32NO2PSi/c1-41(2)44-42-36-27-26-29-16-12-14-24-34(29)38(36)39-35-25-15-13-17-30(35)28-37(40(39)43-44)45(31-18-6-3-7-19-31,32-20-8-4-9-21-32)33-22-10-5-11-23-33/h3-28H,1-2H3. The van der Waals surface area contributed by atoms with Crippen molar-refractivity contribution < 1.29 is 8.39 Å². The monoisotopic (exact) mass is 617 g/mol. The normalized spacial score (nSPS) is 12.4. The van der Waals surface area contributed by atoms with E-state index in [1.54, 1.807) is 0 Å². The molecule has 0 amide bonds. The van der Waals surface area contributed by atoms with Crippen molar-refractivity contribution in [3.05, 3.63) is 158 Å². The highest BCUT2D eigenvalue weighted by Gasteiger charge is 2.44. The van der Waals surface area contributed by atoms with E-state index in [9.17, 15) is 0 Å². The Morgan fingerprint density at radius 3 is 1.53 bits per heavy atom. The van der Waals surface area contributed by atoms with Crippen molar-refractivity contribution in [2.24, 2.45) is 0 Å². The average molecular weight is 618 g/mol. The number of hydrogen-bond donors (Lipinski definition) is 0. The van der Waals surface area contributed by atoms with E-state index < -0.39 is 16.2 Å². The van der Waals surface area contributed by atoms with Gasteiger partial charge in [0.1, 0.15) is 11.2 Å². The summed E-state index contributed by atoms with van der Waals surface area (Å²) in [6, 6.07) is 57.2. The molecule has 8 rings (SSSR count). The summed E-state index contributed by atoms with van der Waals surface area (Å²) in [4.78, 5) is 0. The first-order valence-corrected chi connectivity index (χ1v) is 18.4. The minimum Gasteiger partial charge on any atom is -0.408 e. The highest BCUT2D eigenvalue weighted by molar-refractivity contribution is 7.38. The van der Waals surface area contributed by atoms with Gasteiger partial charge in [0.2, 0.25) is 0 Å². The first-order valence-electron chi connectivity index (χ1n) is 15.2. The van der Waals surface area contributed by atoms with Crippen molar-refractivity contribution in [1.82, 2.24) is 0 Å². The van der Waals surface area contributed by atoms with Crippen LogP contribution in [0.25, 0.3) is 43.5 Å². The summed E-state index contributed by atoms with van der Waals surface area (Å²) in [5.74, 6) is 0. The van der Waals surface area contributed by atoms with Gasteiger partial charge in [0, 0.05) is 24.9 Å². The molecule has 1 heterocycles. The Labute approximate surface area is 264 Å². The van der Waals surface area contributed by atoms with Gasteiger partial charge in [0.05, 0.1) is 0 Å². The van der Waals surface area contributed by atoms with Crippen LogP contribution in [0.3, 0.4) is 0 Å². The average Bonchev–Trinajstić information content (AvgIpc) is 3.28. The van der Waals surface area contributed by atoms with E-state index in [1.165, 1.54) is 31.5 Å². The molecule has 7 aromatic carbocycles. The van der Waals surface area contributed by atoms with Crippen LogP contribution in [0.15, 0.2) is 166 Å². The molecule has 0 saturated heterocycles. The second kappa shape index (κ2) is 11.2. The van der Waals surface area contributed by atoms with E-state index in [4.69, 9.17) is 8.39 Å². The second-order valence-electron chi connectivity index (χ2n) is 11.6. The lowest BCUT2D eigenvalue weighted by Crippen LogP contribution is -2.74. The lowest BCUT2D eigenvalue weighted by molar-refractivity contribution is 0.636. The van der Waals surface area contributed by atoms with Gasteiger partial charge in [-0.2, -0.15) is 0 Å². The Balaban J connectivity index is 1.72. The summed E-state index contributed by atoms with van der Waals surface area (Å²) >= 11 is 0. The van der Waals surface area contributed by atoms with E-state index in [1.807, 2.05) is 14.1 Å². The molecule has 0 radical (unpaired) electrons. The first-order chi connectivity index (χ1) is 22.2. The van der Waals surface area contributed by atoms with Crippen molar-refractivity contribution in [3.63, 3.8) is 0 Å². The lowest BCUT2D eigenvalue weighted by atomic mass is 9.98. The third-order valence-corrected chi connectivity index (χ3v) is 15.0. The fourth-order valence-electron chi connectivity index (χ4n) is 6.91. The molecule has 0 N–H and O–H groups in total. The quantitative estimate of drug-likeness (QED) is 0.144. The fraction of sp³-hybridized carbons (Fsp3) is 0.0500. The van der Waals surface area contributed by atoms with Crippen LogP contribution in [0.5, 0.6) is 0 Å². The SMILES string of the molecule is CN(C)p1oc2ccc3ccccc3c2c2c(o1)c([Si](c1ccccc1)(c1ccccc1)c1ccccc1)cc1ccccc12. The van der Waals surface area contributed by atoms with Crippen LogP contribution < -0.4 is 25.4 Å². The second-order valence-corrected chi connectivity index (χ2v) is 17.0. The zero-order valence-corrected chi connectivity index (χ0v) is 27.1. The molecule has 0 aliphatic carbocycles. The molecule has 0 saturated carbocycles. The van der Waals surface area contributed by atoms with Gasteiger partial charge in [-0.25, -0.2) is 4.67 Å². The number of hydrogen-bond acceptors (Lipinski definition) is 3. The van der Waals surface area contributed by atoms with Gasteiger partial charge in [-0.15, -0.1) is 0 Å². The van der Waals surface area contributed by atoms with Crippen LogP contribution in [0.1, 0.15) is 0 Å². The summed E-state index contributed by atoms with van der Waals surface area (Å²) in [5, 5.41) is 12.0. The molecule has 218 valence electrons. The van der Waals surface area contributed by atoms with Gasteiger partial charge in [-0.3, -0.25) is 0 Å². The lowest BCUT2D eigenvalue weighted by Gasteiger charge is -2.34. The van der Waals surface area contributed by atoms with Crippen LogP contribution in [0.4, 0.5) is 0 Å². The molecule has 45 heavy (non-hydrogen) atoms. The minimum absolute atomic E-state index is 0.848. The zero-order chi connectivity index (χ0) is 30.4. The predicted molar refractivity (Wildman–Crippen MR) is 195 cm³/mol. The Bertz CT molecular complexity index is 2260. The van der Waals surface area contributed by atoms with Crippen LogP contribution >= 0.6 is 8.16 Å². The first kappa shape index (κ1) is 27.7. The number of nitrogens with zero attached hydrogens (tertiary/aromatic N) is 1. The van der Waals surface area contributed by atoms with Crippen LogP contribution in [-0.2, 0) is 0 Å². The molecule has 3 nitrogen and oxygen atoms in total. The molecule has 0 aliphatic heterocycles. The Hall–Kier alpha value is -4.86. The van der Waals surface area contributed by atoms with Gasteiger partial charge in [0.15, 0.2) is 8.07 Å². The molecule has 1 unspecified atom stereocenters. The summed E-state index contributed by atoms with van der Waals surface area (Å²) in [6.45, 7) is 0. The summed E-state index contributed by atoms with van der Waals surface area (Å²) in [7, 11) is -0.344. The van der Waals surface area contributed by atoms with E-state index in [0.29, 0.717) is 0 Å². The van der Waals surface area contributed by atoms with Gasteiger partial charge in [-0.1, -0.05) is 152 Å². The summed E-state index contributed by atoms with van der Waals surface area (Å²) in [5.41, 5.74) is 1.76. The third kappa shape index (κ3) is 4.45. The van der Waals surface area contributed by atoms with E-state index in [-0.39, 0.29) is 0 Å². The Morgan fingerprint density at radius 2 is 0.978 bits per heavy atom. The molecule has 0 aliphatic rings. The molecular weight excluding hydrogens is 586 g/mol. The zero-order valence-electron chi connectivity index (χ0n) is 25.2. The molecular formula is C40H32NO2PSi. The minimum atomic E-state index is -2.96. The smallest absolute Gasteiger partial charge is 0.309 e. The summed E-state index contributed by atoms with van der Waals surface area (Å²) in [6.07, 6.45) is 0. The molecule has 0 spiro atoms. The van der Waals surface area contributed by atoms with Gasteiger partial charge in [0.25, 0.3) is 0 Å². The molecule has 1 aromatic heterocycles. The number of benzene rings is 7. The van der Waals surface area contributed by atoms with Crippen molar-refractivity contribution in [2.75, 3.05) is 18.8 Å². The van der Waals surface area contributed by atoms with Crippen molar-refractivity contribution >= 4 is 80.5 Å². The van der Waals surface area contributed by atoms with Gasteiger partial charge >= 0.3 is 8.16 Å². The van der Waals surface area contributed by atoms with Crippen LogP contribution in [0, 0.1) is 0 Å². The molecule has 0 fully saturated rings. The number of rotatable bonds is 5. The Kier molecular flexibility index (Phi) is 6.92. The molecule has 1 atom stereocenters. The third-order valence-electron chi connectivity index (χ3n) is 8.84. The van der Waals surface area contributed by atoms with Crippen molar-refractivity contribution in [1.29, 1.82) is 0 Å². The predicted octanol–water partition coefficient (Wildman–Crippen LogP) is 8.17. The van der Waals surface area contributed by atoms with Gasteiger partial charge in [-0.05, 0) is 48.4 Å². The number of fused-ring (bicyclic) bond motifs is 7. The Morgan fingerprint density at radius 1 is 0.489 bits per heavy atom. The van der Waals surface area contributed by atoms with Crippen molar-refractivity contribution in [2.45, 2.75) is 0 Å². The van der Waals surface area contributed by atoms with E-state index >= 15 is 0 Å². The topological polar surface area (TPSA) is 29.5 Å². The highest BCUT2D eigenvalue weighted by atomic mass is 31.1. The molecule has 5 heteroatoms. The van der Waals surface area contributed by atoms with Gasteiger partial charge < -0.3 is 8.39 Å². The van der Waals surface area contributed by atoms with E-state index in [0.717, 1.165) is 32.7 Å². The molecule has 8 aromatic rings. The maximum atomic E-state index is 7.26. The maximum Gasteiger partial charge on any atom is 0.309 e. The maximum absolute atomic E-state index is 7.26. The van der Waals surface area contributed by atoms with E-state index in [2.05, 4.69) is 162 Å². The summed E-state index contributed by atoms with van der Waals surface area (Å²) < 4.78 is 16.2. The molecule has 0 bridgehead atoms. The van der Waals surface area contributed by atoms with Crippen LogP contribution in [-0.4, -0.2) is 22.2 Å². The van der Waals surface area contributed by atoms with Crippen molar-refractivity contribution in [3.8, 4) is 0 Å². The fourth-order valence-corrected chi connectivity index (χ4v) is 12.9. The van der Waals surface area contributed by atoms with Crippen LogP contribution in [0.2, 0.25) is 0 Å².